The lowest BCUT2D eigenvalue weighted by atomic mass is 9.87. The summed E-state index contributed by atoms with van der Waals surface area (Å²) in [6, 6.07) is 31.3. The summed E-state index contributed by atoms with van der Waals surface area (Å²) in [7, 11) is 0. The van der Waals surface area contributed by atoms with Crippen LogP contribution in [0.3, 0.4) is 0 Å². The number of aromatic nitrogens is 3. The van der Waals surface area contributed by atoms with E-state index >= 15 is 0 Å². The van der Waals surface area contributed by atoms with E-state index in [2.05, 4.69) is 56.3 Å². The Kier molecular flexibility index (Phi) is 8.84. The molecule has 1 aliphatic heterocycles. The van der Waals surface area contributed by atoms with Crippen molar-refractivity contribution in [2.45, 2.75) is 44.2 Å². The molecule has 0 saturated carbocycles. The first-order chi connectivity index (χ1) is 23.0. The van der Waals surface area contributed by atoms with E-state index in [9.17, 15) is 9.59 Å². The van der Waals surface area contributed by atoms with Gasteiger partial charge in [-0.05, 0) is 59.5 Å². The normalized spacial score (nSPS) is 15.7. The summed E-state index contributed by atoms with van der Waals surface area (Å²) in [6.45, 7) is 3.62. The highest BCUT2D eigenvalue weighted by Crippen LogP contribution is 2.30. The maximum atomic E-state index is 14.6. The third-order valence-corrected chi connectivity index (χ3v) is 9.53. The third-order valence-electron chi connectivity index (χ3n) is 9.53. The number of carbonyl (C=O) groups is 2. The average molecular weight is 625 g/mol. The highest BCUT2D eigenvalue weighted by Gasteiger charge is 2.34. The number of imidazole rings is 1. The highest BCUT2D eigenvalue weighted by atomic mass is 16.2. The van der Waals surface area contributed by atoms with Crippen LogP contribution in [0.5, 0.6) is 0 Å². The zero-order valence-corrected chi connectivity index (χ0v) is 26.5. The minimum atomic E-state index is -0.794. The second kappa shape index (κ2) is 13.6. The number of fused-ring (bicyclic) bond motifs is 2. The van der Waals surface area contributed by atoms with Gasteiger partial charge in [0.05, 0.1) is 17.9 Å². The van der Waals surface area contributed by atoms with E-state index in [1.54, 1.807) is 0 Å². The van der Waals surface area contributed by atoms with Crippen LogP contribution in [-0.2, 0) is 16.0 Å². The Balaban J connectivity index is 1.23. The molecule has 8 nitrogen and oxygen atoms in total. The number of amides is 2. The van der Waals surface area contributed by atoms with Gasteiger partial charge in [-0.25, -0.2) is 4.98 Å². The van der Waals surface area contributed by atoms with Crippen LogP contribution in [-0.4, -0.2) is 45.9 Å². The fourth-order valence-electron chi connectivity index (χ4n) is 6.88. The van der Waals surface area contributed by atoms with E-state index in [1.165, 1.54) is 0 Å². The van der Waals surface area contributed by atoms with Crippen molar-refractivity contribution in [1.29, 1.82) is 0 Å². The second-order valence-corrected chi connectivity index (χ2v) is 12.5. The standard InChI is InChI=1S/C39H40N6O2/c1-25(30-16-9-13-26-10-5-6-14-31(26)30)36(45-38(46)28-18-20-40-21-19-28)39(47)44-34(22-29-23-41-33-17-8-7-15-32(29)33)37-42-24-35(43-37)27-11-3-2-4-12-27/h2-17,23-25,28,34,36,40-41H,18-22H2,1H3,(H,42,43)(H,44,47)(H,45,46)/t25-,34-,36?/m1/s1. The molecular formula is C39H40N6O2. The van der Waals surface area contributed by atoms with Gasteiger partial charge in [-0.2, -0.15) is 0 Å². The number of piperidine rings is 1. The predicted octanol–water partition coefficient (Wildman–Crippen LogP) is 6.40. The van der Waals surface area contributed by atoms with Crippen LogP contribution < -0.4 is 16.0 Å². The van der Waals surface area contributed by atoms with Crippen LogP contribution in [0.4, 0.5) is 0 Å². The molecule has 2 amide bonds. The Labute approximate surface area is 274 Å². The third kappa shape index (κ3) is 6.55. The van der Waals surface area contributed by atoms with Gasteiger partial charge < -0.3 is 25.9 Å². The lowest BCUT2D eigenvalue weighted by molar-refractivity contribution is -0.132. The number of hydrogen-bond donors (Lipinski definition) is 5. The molecule has 3 atom stereocenters. The molecule has 0 radical (unpaired) electrons. The molecule has 47 heavy (non-hydrogen) atoms. The van der Waals surface area contributed by atoms with Crippen molar-refractivity contribution in [3.05, 3.63) is 126 Å². The Bertz CT molecular complexity index is 1990. The van der Waals surface area contributed by atoms with E-state index in [4.69, 9.17) is 4.98 Å². The number of H-pyrrole nitrogens is 2. The molecule has 0 spiro atoms. The molecule has 7 rings (SSSR count). The first kappa shape index (κ1) is 30.4. The molecule has 8 heteroatoms. The van der Waals surface area contributed by atoms with Crippen LogP contribution in [0.25, 0.3) is 32.9 Å². The molecule has 238 valence electrons. The van der Waals surface area contributed by atoms with Gasteiger partial charge in [-0.1, -0.05) is 97.9 Å². The number of carbonyl (C=O) groups excluding carboxylic acids is 2. The number of hydrogen-bond acceptors (Lipinski definition) is 4. The SMILES string of the molecule is C[C@H](c1cccc2ccccc12)C(NC(=O)C1CCNCC1)C(=O)N[C@H](Cc1c[nH]c2ccccc12)c1ncc(-c2ccccc2)[nH]1. The Hall–Kier alpha value is -5.21. The first-order valence-corrected chi connectivity index (χ1v) is 16.5. The van der Waals surface area contributed by atoms with Crippen molar-refractivity contribution in [3.63, 3.8) is 0 Å². The van der Waals surface area contributed by atoms with Gasteiger partial charge in [0.2, 0.25) is 11.8 Å². The van der Waals surface area contributed by atoms with Gasteiger partial charge in [0, 0.05) is 35.4 Å². The number of rotatable bonds is 10. The Morgan fingerprint density at radius 2 is 1.57 bits per heavy atom. The molecule has 0 bridgehead atoms. The maximum Gasteiger partial charge on any atom is 0.243 e. The largest absolute Gasteiger partial charge is 0.361 e. The lowest BCUT2D eigenvalue weighted by Gasteiger charge is -2.30. The molecule has 3 heterocycles. The molecule has 0 aliphatic carbocycles. The van der Waals surface area contributed by atoms with Crippen LogP contribution in [0.1, 0.15) is 48.7 Å². The minimum absolute atomic E-state index is 0.0729. The number of nitrogens with one attached hydrogen (secondary N) is 5. The predicted molar refractivity (Wildman–Crippen MR) is 187 cm³/mol. The monoisotopic (exact) mass is 624 g/mol. The van der Waals surface area contributed by atoms with Crippen LogP contribution >= 0.6 is 0 Å². The topological polar surface area (TPSA) is 115 Å². The number of aromatic amines is 2. The van der Waals surface area contributed by atoms with Crippen molar-refractivity contribution in [2.75, 3.05) is 13.1 Å². The lowest BCUT2D eigenvalue weighted by Crippen LogP contribution is -2.52. The average Bonchev–Trinajstić information content (AvgIpc) is 3.78. The molecule has 4 aromatic carbocycles. The minimum Gasteiger partial charge on any atom is -0.361 e. The van der Waals surface area contributed by atoms with E-state index in [-0.39, 0.29) is 23.7 Å². The summed E-state index contributed by atoms with van der Waals surface area (Å²) in [5.74, 6) is -0.0843. The fourth-order valence-corrected chi connectivity index (χ4v) is 6.88. The molecular weight excluding hydrogens is 584 g/mol. The molecule has 2 aromatic heterocycles. The van der Waals surface area contributed by atoms with Gasteiger partial charge in [0.1, 0.15) is 11.9 Å². The molecule has 5 N–H and O–H groups in total. The van der Waals surface area contributed by atoms with Crippen molar-refractivity contribution in [2.24, 2.45) is 5.92 Å². The van der Waals surface area contributed by atoms with Gasteiger partial charge in [-0.15, -0.1) is 0 Å². The number of nitrogens with zero attached hydrogens (tertiary/aromatic N) is 1. The van der Waals surface area contributed by atoms with Crippen molar-refractivity contribution >= 4 is 33.5 Å². The maximum absolute atomic E-state index is 14.6. The Morgan fingerprint density at radius 3 is 2.40 bits per heavy atom. The van der Waals surface area contributed by atoms with E-state index in [1.807, 2.05) is 86.0 Å². The first-order valence-electron chi connectivity index (χ1n) is 16.5. The molecule has 1 fully saturated rings. The molecule has 1 unspecified atom stereocenters. The van der Waals surface area contributed by atoms with Crippen molar-refractivity contribution in [1.82, 2.24) is 30.9 Å². The van der Waals surface area contributed by atoms with Crippen molar-refractivity contribution < 1.29 is 9.59 Å². The smallest absolute Gasteiger partial charge is 0.243 e. The number of para-hydroxylation sites is 1. The molecule has 1 saturated heterocycles. The highest BCUT2D eigenvalue weighted by molar-refractivity contribution is 5.92. The zero-order valence-electron chi connectivity index (χ0n) is 26.5. The van der Waals surface area contributed by atoms with E-state index < -0.39 is 12.1 Å². The molecule has 6 aromatic rings. The quantitative estimate of drug-likeness (QED) is 0.121. The summed E-state index contributed by atoms with van der Waals surface area (Å²) in [5, 5.41) is 13.2. The summed E-state index contributed by atoms with van der Waals surface area (Å²) in [5.41, 5.74) is 5.01. The summed E-state index contributed by atoms with van der Waals surface area (Å²) in [6.07, 6.45) is 5.82. The van der Waals surface area contributed by atoms with Gasteiger partial charge in [0.15, 0.2) is 0 Å². The van der Waals surface area contributed by atoms with Crippen LogP contribution in [0, 0.1) is 5.92 Å². The fraction of sp³-hybridized carbons (Fsp3) is 0.256. The van der Waals surface area contributed by atoms with Crippen molar-refractivity contribution in [3.8, 4) is 11.3 Å². The zero-order chi connectivity index (χ0) is 32.2. The second-order valence-electron chi connectivity index (χ2n) is 12.5. The van der Waals surface area contributed by atoms with E-state index in [0.717, 1.165) is 70.0 Å². The summed E-state index contributed by atoms with van der Waals surface area (Å²) >= 11 is 0. The van der Waals surface area contributed by atoms with Gasteiger partial charge in [0.25, 0.3) is 0 Å². The molecule has 1 aliphatic rings. The van der Waals surface area contributed by atoms with Crippen LogP contribution in [0.15, 0.2) is 109 Å². The van der Waals surface area contributed by atoms with Gasteiger partial charge >= 0.3 is 0 Å². The van der Waals surface area contributed by atoms with Crippen LogP contribution in [0.2, 0.25) is 0 Å². The van der Waals surface area contributed by atoms with Gasteiger partial charge in [-0.3, -0.25) is 9.59 Å². The number of benzene rings is 4. The van der Waals surface area contributed by atoms with E-state index in [0.29, 0.717) is 12.2 Å². The summed E-state index contributed by atoms with van der Waals surface area (Å²) in [4.78, 5) is 39.9. The summed E-state index contributed by atoms with van der Waals surface area (Å²) < 4.78 is 0. The Morgan fingerprint density at radius 1 is 0.851 bits per heavy atom.